The van der Waals surface area contributed by atoms with Crippen LogP contribution in [0.2, 0.25) is 0 Å². The summed E-state index contributed by atoms with van der Waals surface area (Å²) in [5.74, 6) is 0. The molecule has 1 heterocycles. The lowest BCUT2D eigenvalue weighted by atomic mass is 9.88. The Hall–Kier alpha value is -1.83. The Kier molecular flexibility index (Phi) is 5.00. The van der Waals surface area contributed by atoms with Crippen LogP contribution in [0.5, 0.6) is 0 Å². The summed E-state index contributed by atoms with van der Waals surface area (Å²) in [4.78, 5) is 2.42. The van der Waals surface area contributed by atoms with Crippen molar-refractivity contribution in [1.82, 2.24) is 4.90 Å². The summed E-state index contributed by atoms with van der Waals surface area (Å²) in [5.41, 5.74) is 1.88. The number of anilines is 1. The zero-order valence-corrected chi connectivity index (χ0v) is 14.6. The molecule has 0 unspecified atom stereocenters. The lowest BCUT2D eigenvalue weighted by Crippen LogP contribution is -2.48. The molecule has 0 saturated carbocycles. The number of hydrogen-bond donors (Lipinski definition) is 1. The fourth-order valence-electron chi connectivity index (χ4n) is 3.01. The molecule has 0 aromatic heterocycles. The Morgan fingerprint density at radius 2 is 1.70 bits per heavy atom. The summed E-state index contributed by atoms with van der Waals surface area (Å²) in [6.07, 6.45) is 1.68. The summed E-state index contributed by atoms with van der Waals surface area (Å²) >= 11 is 3.44. The number of hydrogen-bond acceptors (Lipinski definition) is 3. The Balaban J connectivity index is 1.61. The number of piperidine rings is 1. The Bertz CT molecular complexity index is 668. The molecule has 4 heteroatoms. The van der Waals surface area contributed by atoms with Crippen LogP contribution in [0.4, 0.5) is 5.69 Å². The maximum absolute atomic E-state index is 9.69. The summed E-state index contributed by atoms with van der Waals surface area (Å²) in [7, 11) is 0. The van der Waals surface area contributed by atoms with Crippen molar-refractivity contribution in [2.45, 2.75) is 24.9 Å². The molecule has 1 aliphatic heterocycles. The lowest BCUT2D eigenvalue weighted by Gasteiger charge is -2.38. The van der Waals surface area contributed by atoms with Crippen LogP contribution in [0.1, 0.15) is 18.4 Å². The van der Waals surface area contributed by atoms with Gasteiger partial charge in [0, 0.05) is 29.8 Å². The standard InChI is InChI=1S/C19H20BrN3/c20-17-6-8-18(9-7-17)22-19(15-21)10-12-23(13-11-19)14-16-4-2-1-3-5-16/h1-9,22H,10-14H2. The van der Waals surface area contributed by atoms with Gasteiger partial charge in [-0.15, -0.1) is 0 Å². The van der Waals surface area contributed by atoms with Crippen LogP contribution < -0.4 is 5.32 Å². The second-order valence-corrected chi connectivity index (χ2v) is 7.00. The maximum atomic E-state index is 9.69. The molecule has 118 valence electrons. The molecule has 1 fully saturated rings. The van der Waals surface area contributed by atoms with E-state index in [0.717, 1.165) is 42.6 Å². The predicted octanol–water partition coefficient (Wildman–Crippen LogP) is 4.42. The first-order chi connectivity index (χ1) is 11.2. The molecule has 3 rings (SSSR count). The van der Waals surface area contributed by atoms with Crippen molar-refractivity contribution in [3.05, 3.63) is 64.6 Å². The van der Waals surface area contributed by atoms with Gasteiger partial charge in [0.1, 0.15) is 5.54 Å². The highest BCUT2D eigenvalue weighted by molar-refractivity contribution is 9.10. The average Bonchev–Trinajstić information content (AvgIpc) is 2.60. The van der Waals surface area contributed by atoms with E-state index in [0.29, 0.717) is 0 Å². The highest BCUT2D eigenvalue weighted by Gasteiger charge is 2.34. The van der Waals surface area contributed by atoms with Crippen molar-refractivity contribution >= 4 is 21.6 Å². The average molecular weight is 370 g/mol. The normalized spacial score (nSPS) is 17.4. The van der Waals surface area contributed by atoms with Crippen molar-refractivity contribution in [3.8, 4) is 6.07 Å². The molecule has 1 aliphatic rings. The predicted molar refractivity (Wildman–Crippen MR) is 97.1 cm³/mol. The third-order valence-corrected chi connectivity index (χ3v) is 4.93. The van der Waals surface area contributed by atoms with E-state index < -0.39 is 5.54 Å². The van der Waals surface area contributed by atoms with Gasteiger partial charge in [-0.1, -0.05) is 46.3 Å². The summed E-state index contributed by atoms with van der Waals surface area (Å²) in [5, 5.41) is 13.1. The zero-order chi connectivity index (χ0) is 16.1. The molecule has 2 aromatic carbocycles. The fourth-order valence-corrected chi connectivity index (χ4v) is 3.27. The molecule has 1 N–H and O–H groups in total. The third kappa shape index (κ3) is 4.13. The van der Waals surface area contributed by atoms with Gasteiger partial charge < -0.3 is 5.32 Å². The maximum Gasteiger partial charge on any atom is 0.127 e. The van der Waals surface area contributed by atoms with Crippen molar-refractivity contribution in [1.29, 1.82) is 5.26 Å². The Labute approximate surface area is 146 Å². The highest BCUT2D eigenvalue weighted by Crippen LogP contribution is 2.28. The van der Waals surface area contributed by atoms with Crippen LogP contribution in [0.15, 0.2) is 59.1 Å². The largest absolute Gasteiger partial charge is 0.367 e. The van der Waals surface area contributed by atoms with Crippen LogP contribution in [-0.2, 0) is 6.54 Å². The minimum atomic E-state index is -0.457. The molecule has 0 radical (unpaired) electrons. The minimum Gasteiger partial charge on any atom is -0.367 e. The molecule has 2 aromatic rings. The van der Waals surface area contributed by atoms with Crippen LogP contribution in [0.3, 0.4) is 0 Å². The van der Waals surface area contributed by atoms with Crippen LogP contribution in [-0.4, -0.2) is 23.5 Å². The van der Waals surface area contributed by atoms with Crippen molar-refractivity contribution in [3.63, 3.8) is 0 Å². The van der Waals surface area contributed by atoms with E-state index in [-0.39, 0.29) is 0 Å². The Morgan fingerprint density at radius 3 is 2.30 bits per heavy atom. The van der Waals surface area contributed by atoms with E-state index in [1.165, 1.54) is 5.56 Å². The molecular weight excluding hydrogens is 350 g/mol. The molecule has 0 aliphatic carbocycles. The van der Waals surface area contributed by atoms with Gasteiger partial charge >= 0.3 is 0 Å². The quantitative estimate of drug-likeness (QED) is 0.866. The van der Waals surface area contributed by atoms with E-state index in [9.17, 15) is 5.26 Å². The number of benzene rings is 2. The monoisotopic (exact) mass is 369 g/mol. The van der Waals surface area contributed by atoms with Crippen molar-refractivity contribution in [2.24, 2.45) is 0 Å². The van der Waals surface area contributed by atoms with Crippen LogP contribution in [0, 0.1) is 11.3 Å². The topological polar surface area (TPSA) is 39.1 Å². The first-order valence-electron chi connectivity index (χ1n) is 7.90. The number of halogens is 1. The van der Waals surface area contributed by atoms with Crippen molar-refractivity contribution in [2.75, 3.05) is 18.4 Å². The Morgan fingerprint density at radius 1 is 1.04 bits per heavy atom. The van der Waals surface area contributed by atoms with E-state index in [1.54, 1.807) is 0 Å². The summed E-state index contributed by atoms with van der Waals surface area (Å²) in [6, 6.07) is 21.1. The van der Waals surface area contributed by atoms with E-state index in [2.05, 4.69) is 56.5 Å². The SMILES string of the molecule is N#CC1(Nc2ccc(Br)cc2)CCN(Cc2ccccc2)CC1. The van der Waals surface area contributed by atoms with Crippen LogP contribution in [0.25, 0.3) is 0 Å². The van der Waals surface area contributed by atoms with Crippen LogP contribution >= 0.6 is 15.9 Å². The number of nitriles is 1. The van der Waals surface area contributed by atoms with E-state index in [4.69, 9.17) is 0 Å². The number of nitrogens with zero attached hydrogens (tertiary/aromatic N) is 2. The molecule has 23 heavy (non-hydrogen) atoms. The molecule has 3 nitrogen and oxygen atoms in total. The molecule has 1 saturated heterocycles. The highest BCUT2D eigenvalue weighted by atomic mass is 79.9. The first kappa shape index (κ1) is 16.0. The van der Waals surface area contributed by atoms with Gasteiger partial charge in [0.25, 0.3) is 0 Å². The van der Waals surface area contributed by atoms with Gasteiger partial charge in [0.15, 0.2) is 0 Å². The molecular formula is C19H20BrN3. The minimum absolute atomic E-state index is 0.457. The second kappa shape index (κ2) is 7.16. The van der Waals surface area contributed by atoms with Gasteiger partial charge in [0.2, 0.25) is 0 Å². The first-order valence-corrected chi connectivity index (χ1v) is 8.70. The van der Waals surface area contributed by atoms with Crippen molar-refractivity contribution < 1.29 is 0 Å². The van der Waals surface area contributed by atoms with Gasteiger partial charge in [-0.3, -0.25) is 4.90 Å². The molecule has 0 spiro atoms. The van der Waals surface area contributed by atoms with E-state index >= 15 is 0 Å². The summed E-state index contributed by atoms with van der Waals surface area (Å²) < 4.78 is 1.05. The van der Waals surface area contributed by atoms with Gasteiger partial charge in [-0.05, 0) is 42.7 Å². The third-order valence-electron chi connectivity index (χ3n) is 4.40. The fraction of sp³-hybridized carbons (Fsp3) is 0.316. The van der Waals surface area contributed by atoms with Gasteiger partial charge in [0.05, 0.1) is 6.07 Å². The van der Waals surface area contributed by atoms with Gasteiger partial charge in [-0.25, -0.2) is 0 Å². The summed E-state index contributed by atoms with van der Waals surface area (Å²) in [6.45, 7) is 2.83. The molecule has 0 bridgehead atoms. The zero-order valence-electron chi connectivity index (χ0n) is 13.0. The number of likely N-dealkylation sites (tertiary alicyclic amines) is 1. The number of rotatable bonds is 4. The number of nitrogens with one attached hydrogen (secondary N) is 1. The smallest absolute Gasteiger partial charge is 0.127 e. The molecule has 0 atom stereocenters. The van der Waals surface area contributed by atoms with E-state index in [1.807, 2.05) is 30.3 Å². The molecule has 0 amide bonds. The van der Waals surface area contributed by atoms with Gasteiger partial charge in [-0.2, -0.15) is 5.26 Å². The second-order valence-electron chi connectivity index (χ2n) is 6.09. The lowest BCUT2D eigenvalue weighted by molar-refractivity contribution is 0.189.